The highest BCUT2D eigenvalue weighted by Gasteiger charge is 2.24. The third kappa shape index (κ3) is 4.38. The van der Waals surface area contributed by atoms with Crippen molar-refractivity contribution in [1.82, 2.24) is 30.3 Å². The molecule has 1 N–H and O–H groups in total. The van der Waals surface area contributed by atoms with Gasteiger partial charge in [-0.2, -0.15) is 4.98 Å². The van der Waals surface area contributed by atoms with E-state index in [1.807, 2.05) is 18.5 Å². The zero-order valence-corrected chi connectivity index (χ0v) is 19.2. The predicted molar refractivity (Wildman–Crippen MR) is 132 cm³/mol. The number of rotatable bonds is 5. The molecule has 3 aromatic heterocycles. The lowest BCUT2D eigenvalue weighted by Gasteiger charge is -2.36. The molecule has 0 atom stereocenters. The second kappa shape index (κ2) is 9.48. The van der Waals surface area contributed by atoms with Crippen molar-refractivity contribution < 1.29 is 4.52 Å². The quantitative estimate of drug-likeness (QED) is 0.490. The van der Waals surface area contributed by atoms with Crippen LogP contribution in [0, 0.1) is 0 Å². The molecule has 1 aromatic carbocycles. The van der Waals surface area contributed by atoms with Gasteiger partial charge in [-0.1, -0.05) is 23.4 Å². The van der Waals surface area contributed by atoms with Crippen LogP contribution < -0.4 is 10.2 Å². The number of nitrogens with zero attached hydrogens (tertiary/aromatic N) is 6. The Kier molecular flexibility index (Phi) is 5.91. The lowest BCUT2D eigenvalue weighted by Crippen LogP contribution is -2.46. The van der Waals surface area contributed by atoms with Gasteiger partial charge in [-0.3, -0.25) is 14.9 Å². The number of anilines is 1. The molecular weight excluding hydrogens is 426 g/mol. The molecule has 0 saturated carbocycles. The van der Waals surface area contributed by atoms with Crippen LogP contribution in [-0.2, 0) is 6.54 Å². The minimum atomic E-state index is 0.401. The highest BCUT2D eigenvalue weighted by molar-refractivity contribution is 5.94. The third-order valence-electron chi connectivity index (χ3n) is 6.96. The van der Waals surface area contributed by atoms with E-state index in [2.05, 4.69) is 60.6 Å². The zero-order chi connectivity index (χ0) is 22.7. The number of nitrogens with one attached hydrogen (secondary N) is 1. The molecule has 34 heavy (non-hydrogen) atoms. The lowest BCUT2D eigenvalue weighted by molar-refractivity contribution is 0.239. The van der Waals surface area contributed by atoms with Crippen LogP contribution in [0.2, 0.25) is 0 Å². The molecule has 0 spiro atoms. The van der Waals surface area contributed by atoms with Gasteiger partial charge in [-0.15, -0.1) is 0 Å². The van der Waals surface area contributed by atoms with Crippen LogP contribution in [0.5, 0.6) is 0 Å². The molecule has 2 fully saturated rings. The Morgan fingerprint density at radius 1 is 0.971 bits per heavy atom. The molecule has 0 aliphatic carbocycles. The normalized spacial score (nSPS) is 17.9. The fourth-order valence-electron chi connectivity index (χ4n) is 5.04. The summed E-state index contributed by atoms with van der Waals surface area (Å²) >= 11 is 0. The van der Waals surface area contributed by atoms with Crippen LogP contribution >= 0.6 is 0 Å². The number of hydrogen-bond acceptors (Lipinski definition) is 8. The summed E-state index contributed by atoms with van der Waals surface area (Å²) in [7, 11) is 0. The van der Waals surface area contributed by atoms with Gasteiger partial charge in [-0.25, -0.2) is 0 Å². The minimum absolute atomic E-state index is 0.401. The van der Waals surface area contributed by atoms with Crippen LogP contribution in [0.1, 0.15) is 30.5 Å². The highest BCUT2D eigenvalue weighted by Crippen LogP contribution is 2.30. The number of piperidine rings is 1. The van der Waals surface area contributed by atoms with E-state index in [9.17, 15) is 0 Å². The van der Waals surface area contributed by atoms with Gasteiger partial charge in [0, 0.05) is 67.3 Å². The van der Waals surface area contributed by atoms with E-state index in [-0.39, 0.29) is 0 Å². The van der Waals surface area contributed by atoms with Gasteiger partial charge in [0.1, 0.15) is 0 Å². The second-order valence-electron chi connectivity index (χ2n) is 9.14. The van der Waals surface area contributed by atoms with Crippen molar-refractivity contribution in [3.63, 3.8) is 0 Å². The van der Waals surface area contributed by atoms with Crippen LogP contribution in [0.3, 0.4) is 0 Å². The first-order valence-electron chi connectivity index (χ1n) is 12.1. The van der Waals surface area contributed by atoms with Crippen LogP contribution in [-0.4, -0.2) is 64.3 Å². The summed E-state index contributed by atoms with van der Waals surface area (Å²) in [5.41, 5.74) is 4.50. The van der Waals surface area contributed by atoms with Crippen LogP contribution in [0.25, 0.3) is 22.0 Å². The van der Waals surface area contributed by atoms with Crippen molar-refractivity contribution in [3.05, 3.63) is 66.7 Å². The molecule has 8 heteroatoms. The predicted octanol–water partition coefficient (Wildman–Crippen LogP) is 3.47. The summed E-state index contributed by atoms with van der Waals surface area (Å²) in [6, 6.07) is 12.7. The van der Waals surface area contributed by atoms with Gasteiger partial charge < -0.3 is 14.7 Å². The van der Waals surface area contributed by atoms with Gasteiger partial charge in [0.25, 0.3) is 0 Å². The average Bonchev–Trinajstić information content (AvgIpc) is 3.38. The number of aromatic nitrogens is 4. The number of pyridine rings is 2. The summed E-state index contributed by atoms with van der Waals surface area (Å²) in [6.45, 7) is 6.65. The van der Waals surface area contributed by atoms with Gasteiger partial charge in [-0.05, 0) is 49.7 Å². The number of piperazine rings is 1. The van der Waals surface area contributed by atoms with E-state index in [1.165, 1.54) is 11.1 Å². The summed E-state index contributed by atoms with van der Waals surface area (Å²) in [5.74, 6) is 2.02. The number of fused-ring (bicyclic) bond motifs is 1. The van der Waals surface area contributed by atoms with E-state index in [0.29, 0.717) is 5.92 Å². The SMILES string of the molecule is c1cncc(-c2ccc3c(N4CCN(Cc5noc(C6CCNCC6)n5)CC4)ccnc3c2)c1. The molecule has 174 valence electrons. The van der Waals surface area contributed by atoms with E-state index in [1.54, 1.807) is 6.20 Å². The summed E-state index contributed by atoms with van der Waals surface area (Å²) < 4.78 is 5.59. The maximum atomic E-state index is 5.59. The van der Waals surface area contributed by atoms with Gasteiger partial charge in [0.05, 0.1) is 12.1 Å². The summed E-state index contributed by atoms with van der Waals surface area (Å²) in [6.07, 6.45) is 7.75. The van der Waals surface area contributed by atoms with Crippen molar-refractivity contribution >= 4 is 16.6 Å². The molecule has 6 rings (SSSR count). The van der Waals surface area contributed by atoms with E-state index in [4.69, 9.17) is 9.51 Å². The van der Waals surface area contributed by atoms with Gasteiger partial charge in [0.2, 0.25) is 5.89 Å². The van der Waals surface area contributed by atoms with E-state index >= 15 is 0 Å². The Morgan fingerprint density at radius 2 is 1.85 bits per heavy atom. The van der Waals surface area contributed by atoms with Crippen LogP contribution in [0.4, 0.5) is 5.69 Å². The average molecular weight is 456 g/mol. The Balaban J connectivity index is 1.12. The maximum Gasteiger partial charge on any atom is 0.229 e. The van der Waals surface area contributed by atoms with Gasteiger partial charge in [0.15, 0.2) is 5.82 Å². The van der Waals surface area contributed by atoms with Gasteiger partial charge >= 0.3 is 0 Å². The zero-order valence-electron chi connectivity index (χ0n) is 19.2. The molecule has 0 radical (unpaired) electrons. The molecule has 2 aliphatic heterocycles. The number of benzene rings is 1. The second-order valence-corrected chi connectivity index (χ2v) is 9.14. The lowest BCUT2D eigenvalue weighted by atomic mass is 9.98. The molecule has 5 heterocycles. The molecule has 0 unspecified atom stereocenters. The molecule has 0 bridgehead atoms. The molecule has 2 aliphatic rings. The number of hydrogen-bond donors (Lipinski definition) is 1. The van der Waals surface area contributed by atoms with E-state index in [0.717, 1.165) is 87.0 Å². The van der Waals surface area contributed by atoms with Crippen molar-refractivity contribution in [1.29, 1.82) is 0 Å². The standard InChI is InChI=1S/C26H29N7O/c1-2-21(17-28-8-1)20-3-4-22-23(16-20)29-11-7-24(22)33-14-12-32(13-15-33)18-25-30-26(34-31-25)19-5-9-27-10-6-19/h1-4,7-8,11,16-17,19,27H,5-6,9-10,12-15,18H2. The highest BCUT2D eigenvalue weighted by atomic mass is 16.5. The maximum absolute atomic E-state index is 5.59. The molecule has 4 aromatic rings. The first-order valence-corrected chi connectivity index (χ1v) is 12.1. The first kappa shape index (κ1) is 21.2. The van der Waals surface area contributed by atoms with E-state index < -0.39 is 0 Å². The summed E-state index contributed by atoms with van der Waals surface area (Å²) in [5, 5.41) is 8.84. The van der Waals surface area contributed by atoms with Crippen molar-refractivity contribution in [2.24, 2.45) is 0 Å². The van der Waals surface area contributed by atoms with Crippen LogP contribution in [0.15, 0.2) is 59.5 Å². The fraction of sp³-hybridized carbons (Fsp3) is 0.385. The monoisotopic (exact) mass is 455 g/mol. The third-order valence-corrected chi connectivity index (χ3v) is 6.96. The Hall–Kier alpha value is -3.36. The summed E-state index contributed by atoms with van der Waals surface area (Å²) in [4.78, 5) is 18.5. The molecular formula is C26H29N7O. The smallest absolute Gasteiger partial charge is 0.229 e. The largest absolute Gasteiger partial charge is 0.368 e. The Labute approximate surface area is 199 Å². The molecule has 0 amide bonds. The topological polar surface area (TPSA) is 83.2 Å². The Morgan fingerprint density at radius 3 is 2.68 bits per heavy atom. The fourth-order valence-corrected chi connectivity index (χ4v) is 5.04. The Bertz CT molecular complexity index is 1240. The molecule has 2 saturated heterocycles. The van der Waals surface area contributed by atoms with Crippen molar-refractivity contribution in [3.8, 4) is 11.1 Å². The first-order chi connectivity index (χ1) is 16.8. The van der Waals surface area contributed by atoms with Crippen molar-refractivity contribution in [2.75, 3.05) is 44.2 Å². The minimum Gasteiger partial charge on any atom is -0.368 e. The van der Waals surface area contributed by atoms with Crippen molar-refractivity contribution in [2.45, 2.75) is 25.3 Å². The molecule has 8 nitrogen and oxygen atoms in total.